The van der Waals surface area contributed by atoms with Gasteiger partial charge in [-0.2, -0.15) is 0 Å². The maximum absolute atomic E-state index is 11.7. The fourth-order valence-corrected chi connectivity index (χ4v) is 2.29. The Morgan fingerprint density at radius 1 is 1.67 bits per heavy atom. The number of carbonyl (C=O) groups excluding carboxylic acids is 1. The Morgan fingerprint density at radius 3 is 3.13 bits per heavy atom. The lowest BCUT2D eigenvalue weighted by molar-refractivity contribution is -0.0456. The van der Waals surface area contributed by atoms with Crippen LogP contribution in [0.1, 0.15) is 4.88 Å². The summed E-state index contributed by atoms with van der Waals surface area (Å²) in [6.07, 6.45) is 1.68. The maximum atomic E-state index is 11.7. The van der Waals surface area contributed by atoms with Crippen molar-refractivity contribution in [1.82, 2.24) is 14.8 Å². The smallest absolute Gasteiger partial charge is 0.323 e. The molecule has 1 aliphatic rings. The van der Waals surface area contributed by atoms with E-state index in [1.54, 1.807) is 18.1 Å². The van der Waals surface area contributed by atoms with Crippen molar-refractivity contribution in [2.24, 2.45) is 0 Å². The summed E-state index contributed by atoms with van der Waals surface area (Å²) in [4.78, 5) is 19.7. The summed E-state index contributed by atoms with van der Waals surface area (Å²) in [7, 11) is 1.70. The van der Waals surface area contributed by atoms with Crippen LogP contribution in [0, 0.1) is 0 Å². The molecule has 0 atom stereocenters. The fourth-order valence-electron chi connectivity index (χ4n) is 1.30. The normalized spacial score (nSPS) is 17.3. The Kier molecular flexibility index (Phi) is 3.08. The minimum Gasteiger partial charge on any atom is -0.341 e. The number of urea groups is 1. The van der Waals surface area contributed by atoms with E-state index >= 15 is 0 Å². The lowest BCUT2D eigenvalue weighted by atomic mass is 10.5. The number of carbonyl (C=O) groups is 1. The predicted octanol–water partition coefficient (Wildman–Crippen LogP) is 1.60. The highest BCUT2D eigenvalue weighted by Gasteiger charge is 2.23. The highest BCUT2D eigenvalue weighted by Crippen LogP contribution is 2.20. The van der Waals surface area contributed by atoms with Gasteiger partial charge in [0.25, 0.3) is 0 Å². The van der Waals surface area contributed by atoms with E-state index in [-0.39, 0.29) is 6.03 Å². The molecule has 1 aromatic heterocycles. The molecule has 0 N–H and O–H groups in total. The SMILES string of the molecule is CN1COCN(Cc2cnc(Cl)s2)C1=O. The van der Waals surface area contributed by atoms with Gasteiger partial charge in [0.05, 0.1) is 6.54 Å². The molecule has 2 rings (SSSR count). The molecule has 1 aromatic rings. The Bertz CT molecular complexity index is 371. The van der Waals surface area contributed by atoms with Crippen LogP contribution in [-0.2, 0) is 11.3 Å². The summed E-state index contributed by atoms with van der Waals surface area (Å²) < 4.78 is 5.72. The summed E-state index contributed by atoms with van der Waals surface area (Å²) >= 11 is 7.08. The molecular formula is C8H10ClN3O2S. The van der Waals surface area contributed by atoms with Crippen molar-refractivity contribution < 1.29 is 9.53 Å². The summed E-state index contributed by atoms with van der Waals surface area (Å²) in [5, 5.41) is 0. The first-order chi connectivity index (χ1) is 7.16. The highest BCUT2D eigenvalue weighted by atomic mass is 35.5. The Labute approximate surface area is 96.2 Å². The van der Waals surface area contributed by atoms with Crippen molar-refractivity contribution >= 4 is 29.0 Å². The molecule has 2 heterocycles. The van der Waals surface area contributed by atoms with Crippen LogP contribution in [0.5, 0.6) is 0 Å². The lowest BCUT2D eigenvalue weighted by Crippen LogP contribution is -2.47. The zero-order valence-corrected chi connectivity index (χ0v) is 9.72. The zero-order valence-electron chi connectivity index (χ0n) is 8.14. The second kappa shape index (κ2) is 4.34. The van der Waals surface area contributed by atoms with Crippen LogP contribution in [-0.4, -0.2) is 41.3 Å². The van der Waals surface area contributed by atoms with Gasteiger partial charge in [0, 0.05) is 18.1 Å². The van der Waals surface area contributed by atoms with E-state index in [4.69, 9.17) is 16.3 Å². The number of aromatic nitrogens is 1. The summed E-state index contributed by atoms with van der Waals surface area (Å²) in [5.74, 6) is 0. The van der Waals surface area contributed by atoms with Gasteiger partial charge in [-0.05, 0) is 0 Å². The molecule has 1 fully saturated rings. The van der Waals surface area contributed by atoms with Crippen LogP contribution < -0.4 is 0 Å². The third-order valence-corrected chi connectivity index (χ3v) is 3.10. The van der Waals surface area contributed by atoms with Crippen LogP contribution >= 0.6 is 22.9 Å². The molecule has 1 saturated heterocycles. The highest BCUT2D eigenvalue weighted by molar-refractivity contribution is 7.15. The van der Waals surface area contributed by atoms with Crippen LogP contribution in [0.25, 0.3) is 0 Å². The van der Waals surface area contributed by atoms with Gasteiger partial charge in [-0.15, -0.1) is 11.3 Å². The van der Waals surface area contributed by atoms with E-state index in [1.165, 1.54) is 16.2 Å². The van der Waals surface area contributed by atoms with Gasteiger partial charge < -0.3 is 9.64 Å². The Balaban J connectivity index is 2.02. The van der Waals surface area contributed by atoms with E-state index in [0.29, 0.717) is 24.5 Å². The van der Waals surface area contributed by atoms with E-state index in [0.717, 1.165) is 4.88 Å². The summed E-state index contributed by atoms with van der Waals surface area (Å²) in [5.41, 5.74) is 0. The third-order valence-electron chi connectivity index (χ3n) is 2.00. The van der Waals surface area contributed by atoms with Gasteiger partial charge in [0.15, 0.2) is 4.47 Å². The third kappa shape index (κ3) is 2.39. The predicted molar refractivity (Wildman–Crippen MR) is 56.6 cm³/mol. The minimum absolute atomic E-state index is 0.0363. The summed E-state index contributed by atoms with van der Waals surface area (Å²) in [6.45, 7) is 1.16. The number of hydrogen-bond donors (Lipinski definition) is 0. The quantitative estimate of drug-likeness (QED) is 0.798. The van der Waals surface area contributed by atoms with Gasteiger partial charge in [-0.3, -0.25) is 4.90 Å². The molecular weight excluding hydrogens is 238 g/mol. The van der Waals surface area contributed by atoms with Gasteiger partial charge in [0.1, 0.15) is 13.5 Å². The number of halogens is 1. The van der Waals surface area contributed by atoms with Gasteiger partial charge in [-0.25, -0.2) is 9.78 Å². The van der Waals surface area contributed by atoms with Crippen LogP contribution in [0.3, 0.4) is 0 Å². The van der Waals surface area contributed by atoms with Gasteiger partial charge >= 0.3 is 6.03 Å². The molecule has 1 aliphatic heterocycles. The van der Waals surface area contributed by atoms with Crippen LogP contribution in [0.2, 0.25) is 4.47 Å². The molecule has 7 heteroatoms. The number of ether oxygens (including phenoxy) is 1. The topological polar surface area (TPSA) is 45.7 Å². The molecule has 82 valence electrons. The molecule has 2 amide bonds. The second-order valence-electron chi connectivity index (χ2n) is 3.22. The van der Waals surface area contributed by atoms with E-state index < -0.39 is 0 Å². The molecule has 0 aromatic carbocycles. The van der Waals surface area contributed by atoms with Crippen molar-refractivity contribution in [3.8, 4) is 0 Å². The van der Waals surface area contributed by atoms with E-state index in [1.807, 2.05) is 0 Å². The van der Waals surface area contributed by atoms with E-state index in [9.17, 15) is 4.79 Å². The number of hydrogen-bond acceptors (Lipinski definition) is 4. The molecule has 0 saturated carbocycles. The molecule has 0 unspecified atom stereocenters. The second-order valence-corrected chi connectivity index (χ2v) is 4.92. The molecule has 0 radical (unpaired) electrons. The minimum atomic E-state index is -0.0363. The van der Waals surface area contributed by atoms with E-state index in [2.05, 4.69) is 4.98 Å². The average Bonchev–Trinajstić information content (AvgIpc) is 2.59. The number of rotatable bonds is 2. The van der Waals surface area contributed by atoms with Gasteiger partial charge in [0.2, 0.25) is 0 Å². The first kappa shape index (κ1) is 10.7. The maximum Gasteiger partial charge on any atom is 0.323 e. The Morgan fingerprint density at radius 2 is 2.47 bits per heavy atom. The van der Waals surface area contributed by atoms with Crippen LogP contribution in [0.15, 0.2) is 6.20 Å². The number of nitrogens with zero attached hydrogens (tertiary/aromatic N) is 3. The van der Waals surface area contributed by atoms with Crippen molar-refractivity contribution in [3.63, 3.8) is 0 Å². The van der Waals surface area contributed by atoms with Crippen molar-refractivity contribution in [2.75, 3.05) is 20.5 Å². The van der Waals surface area contributed by atoms with Crippen molar-refractivity contribution in [1.29, 1.82) is 0 Å². The zero-order chi connectivity index (χ0) is 10.8. The molecule has 5 nitrogen and oxygen atoms in total. The lowest BCUT2D eigenvalue weighted by Gasteiger charge is -2.32. The Hall–Kier alpha value is -0.850. The molecule has 15 heavy (non-hydrogen) atoms. The average molecular weight is 248 g/mol. The van der Waals surface area contributed by atoms with Crippen molar-refractivity contribution in [3.05, 3.63) is 15.5 Å². The molecule has 0 spiro atoms. The van der Waals surface area contributed by atoms with Crippen LogP contribution in [0.4, 0.5) is 4.79 Å². The first-order valence-electron chi connectivity index (χ1n) is 4.35. The molecule has 0 aliphatic carbocycles. The molecule has 0 bridgehead atoms. The largest absolute Gasteiger partial charge is 0.341 e. The van der Waals surface area contributed by atoms with Crippen molar-refractivity contribution in [2.45, 2.75) is 6.54 Å². The monoisotopic (exact) mass is 247 g/mol. The first-order valence-corrected chi connectivity index (χ1v) is 5.54. The fraction of sp³-hybridized carbons (Fsp3) is 0.500. The summed E-state index contributed by atoms with van der Waals surface area (Å²) in [6, 6.07) is -0.0363. The standard InChI is InChI=1S/C8H10ClN3O2S/c1-11-4-14-5-12(8(11)13)3-6-2-10-7(9)15-6/h2H,3-5H2,1H3. The number of thiazole rings is 1. The van der Waals surface area contributed by atoms with Gasteiger partial charge in [-0.1, -0.05) is 11.6 Å². The number of amides is 2.